The topological polar surface area (TPSA) is 58.6 Å². The molecule has 104 valence electrons. The largest absolute Gasteiger partial charge is 0.496 e. The van der Waals surface area contributed by atoms with Gasteiger partial charge in [-0.1, -0.05) is 30.3 Å². The highest BCUT2D eigenvalue weighted by Gasteiger charge is 2.04. The summed E-state index contributed by atoms with van der Waals surface area (Å²) in [6.07, 6.45) is 0.743. The molecule has 0 heterocycles. The third kappa shape index (κ3) is 3.75. The number of carboxylic acid groups (broad SMARTS) is 1. The van der Waals surface area contributed by atoms with Crippen LogP contribution in [0.2, 0.25) is 0 Å². The Morgan fingerprint density at radius 1 is 1.20 bits per heavy atom. The minimum Gasteiger partial charge on any atom is -0.496 e. The summed E-state index contributed by atoms with van der Waals surface area (Å²) in [6, 6.07) is 15.6. The number of para-hydroxylation sites is 1. The Balaban J connectivity index is 2.13. The number of rotatable bonds is 6. The van der Waals surface area contributed by atoms with Crippen LogP contribution < -0.4 is 10.1 Å². The highest BCUT2D eigenvalue weighted by molar-refractivity contribution is 5.72. The molecule has 0 aliphatic rings. The molecule has 0 spiro atoms. The number of benzene rings is 2. The van der Waals surface area contributed by atoms with Gasteiger partial charge in [0.05, 0.1) is 7.11 Å². The smallest absolute Gasteiger partial charge is 0.322 e. The number of aliphatic carboxylic acids is 1. The first kappa shape index (κ1) is 13.9. The SMILES string of the molecule is COc1ccccc1Cc1cccc(NCC(=O)O)c1. The summed E-state index contributed by atoms with van der Waals surface area (Å²) < 4.78 is 5.33. The summed E-state index contributed by atoms with van der Waals surface area (Å²) in [4.78, 5) is 10.6. The molecule has 20 heavy (non-hydrogen) atoms. The van der Waals surface area contributed by atoms with Gasteiger partial charge in [-0.05, 0) is 29.3 Å². The van der Waals surface area contributed by atoms with Gasteiger partial charge in [0.2, 0.25) is 0 Å². The number of carboxylic acids is 1. The number of hydrogen-bond donors (Lipinski definition) is 2. The Morgan fingerprint density at radius 2 is 2.00 bits per heavy atom. The van der Waals surface area contributed by atoms with Gasteiger partial charge in [-0.3, -0.25) is 4.79 Å². The Bertz CT molecular complexity index is 596. The van der Waals surface area contributed by atoms with Crippen LogP contribution in [-0.2, 0) is 11.2 Å². The molecule has 0 aliphatic heterocycles. The van der Waals surface area contributed by atoms with E-state index >= 15 is 0 Å². The molecule has 0 bridgehead atoms. The van der Waals surface area contributed by atoms with E-state index in [4.69, 9.17) is 9.84 Å². The number of methoxy groups -OCH3 is 1. The molecule has 4 heteroatoms. The van der Waals surface area contributed by atoms with E-state index in [0.29, 0.717) is 0 Å². The molecule has 2 N–H and O–H groups in total. The molecule has 0 unspecified atom stereocenters. The van der Waals surface area contributed by atoms with Crippen molar-refractivity contribution in [3.05, 3.63) is 59.7 Å². The van der Waals surface area contributed by atoms with E-state index in [2.05, 4.69) is 5.32 Å². The fourth-order valence-corrected chi connectivity index (χ4v) is 2.04. The summed E-state index contributed by atoms with van der Waals surface area (Å²) in [5.74, 6) is -0.0171. The third-order valence-corrected chi connectivity index (χ3v) is 2.96. The van der Waals surface area contributed by atoms with E-state index in [1.165, 1.54) is 0 Å². The van der Waals surface area contributed by atoms with Crippen LogP contribution >= 0.6 is 0 Å². The van der Waals surface area contributed by atoms with E-state index in [1.807, 2.05) is 48.5 Å². The molecule has 0 saturated heterocycles. The summed E-state index contributed by atoms with van der Waals surface area (Å²) >= 11 is 0. The van der Waals surface area contributed by atoms with Crippen molar-refractivity contribution in [3.8, 4) is 5.75 Å². The fourth-order valence-electron chi connectivity index (χ4n) is 2.04. The minimum atomic E-state index is -0.875. The van der Waals surface area contributed by atoms with Crippen molar-refractivity contribution in [2.75, 3.05) is 19.0 Å². The van der Waals surface area contributed by atoms with Gasteiger partial charge in [-0.15, -0.1) is 0 Å². The lowest BCUT2D eigenvalue weighted by molar-refractivity contribution is -0.134. The second-order valence-corrected chi connectivity index (χ2v) is 4.44. The van der Waals surface area contributed by atoms with Crippen molar-refractivity contribution < 1.29 is 14.6 Å². The molecule has 4 nitrogen and oxygen atoms in total. The molecule has 0 aromatic heterocycles. The number of nitrogens with one attached hydrogen (secondary N) is 1. The van der Waals surface area contributed by atoms with Crippen LogP contribution in [0.25, 0.3) is 0 Å². The van der Waals surface area contributed by atoms with E-state index in [0.717, 1.165) is 29.0 Å². The van der Waals surface area contributed by atoms with Gasteiger partial charge >= 0.3 is 5.97 Å². The van der Waals surface area contributed by atoms with Gasteiger partial charge in [0.1, 0.15) is 12.3 Å². The monoisotopic (exact) mass is 271 g/mol. The molecule has 2 aromatic carbocycles. The lowest BCUT2D eigenvalue weighted by atomic mass is 10.0. The average molecular weight is 271 g/mol. The van der Waals surface area contributed by atoms with Gasteiger partial charge in [0, 0.05) is 12.1 Å². The highest BCUT2D eigenvalue weighted by atomic mass is 16.5. The lowest BCUT2D eigenvalue weighted by Crippen LogP contribution is -2.12. The van der Waals surface area contributed by atoms with Crippen molar-refractivity contribution in [1.29, 1.82) is 0 Å². The van der Waals surface area contributed by atoms with Gasteiger partial charge in [-0.2, -0.15) is 0 Å². The fraction of sp³-hybridized carbons (Fsp3) is 0.188. The molecule has 2 aromatic rings. The zero-order chi connectivity index (χ0) is 14.4. The maximum Gasteiger partial charge on any atom is 0.322 e. The van der Waals surface area contributed by atoms with Crippen LogP contribution in [0.4, 0.5) is 5.69 Å². The normalized spacial score (nSPS) is 10.1. The lowest BCUT2D eigenvalue weighted by Gasteiger charge is -2.10. The zero-order valence-electron chi connectivity index (χ0n) is 11.3. The van der Waals surface area contributed by atoms with Gasteiger partial charge < -0.3 is 15.2 Å². The van der Waals surface area contributed by atoms with Crippen molar-refractivity contribution >= 4 is 11.7 Å². The van der Waals surface area contributed by atoms with Crippen LogP contribution in [0.5, 0.6) is 5.75 Å². The Hall–Kier alpha value is -2.49. The second-order valence-electron chi connectivity index (χ2n) is 4.44. The van der Waals surface area contributed by atoms with Crippen molar-refractivity contribution in [2.45, 2.75) is 6.42 Å². The molecule has 0 aliphatic carbocycles. The van der Waals surface area contributed by atoms with E-state index in [-0.39, 0.29) is 6.54 Å². The summed E-state index contributed by atoms with van der Waals surface area (Å²) in [5, 5.41) is 11.5. The molecule has 0 saturated carbocycles. The van der Waals surface area contributed by atoms with Gasteiger partial charge in [-0.25, -0.2) is 0 Å². The number of hydrogen-bond acceptors (Lipinski definition) is 3. The Morgan fingerprint density at radius 3 is 2.75 bits per heavy atom. The first-order valence-corrected chi connectivity index (χ1v) is 6.35. The quantitative estimate of drug-likeness (QED) is 0.848. The predicted molar refractivity (Wildman–Crippen MR) is 78.4 cm³/mol. The maximum atomic E-state index is 10.6. The van der Waals surface area contributed by atoms with E-state index < -0.39 is 5.97 Å². The standard InChI is InChI=1S/C16H17NO3/c1-20-15-8-3-2-6-13(15)9-12-5-4-7-14(10-12)17-11-16(18)19/h2-8,10,17H,9,11H2,1H3,(H,18,19). The zero-order valence-corrected chi connectivity index (χ0v) is 11.3. The van der Waals surface area contributed by atoms with Crippen molar-refractivity contribution in [2.24, 2.45) is 0 Å². The number of ether oxygens (including phenoxy) is 1. The first-order valence-electron chi connectivity index (χ1n) is 6.35. The maximum absolute atomic E-state index is 10.6. The average Bonchev–Trinajstić information content (AvgIpc) is 2.46. The minimum absolute atomic E-state index is 0.0852. The number of anilines is 1. The van der Waals surface area contributed by atoms with Gasteiger partial charge in [0.15, 0.2) is 0 Å². The van der Waals surface area contributed by atoms with Gasteiger partial charge in [0.25, 0.3) is 0 Å². The Kier molecular flexibility index (Phi) is 4.60. The summed E-state index contributed by atoms with van der Waals surface area (Å²) in [6.45, 7) is -0.0852. The van der Waals surface area contributed by atoms with Crippen LogP contribution in [-0.4, -0.2) is 24.7 Å². The van der Waals surface area contributed by atoms with Crippen LogP contribution in [0.1, 0.15) is 11.1 Å². The van der Waals surface area contributed by atoms with Crippen LogP contribution in [0.15, 0.2) is 48.5 Å². The summed E-state index contributed by atoms with van der Waals surface area (Å²) in [7, 11) is 1.66. The van der Waals surface area contributed by atoms with E-state index in [1.54, 1.807) is 7.11 Å². The predicted octanol–water partition coefficient (Wildman–Crippen LogP) is 2.78. The molecular weight excluding hydrogens is 254 g/mol. The molecule has 0 atom stereocenters. The third-order valence-electron chi connectivity index (χ3n) is 2.96. The van der Waals surface area contributed by atoms with Crippen LogP contribution in [0.3, 0.4) is 0 Å². The molecular formula is C16H17NO3. The molecule has 2 rings (SSSR count). The van der Waals surface area contributed by atoms with E-state index in [9.17, 15) is 4.79 Å². The summed E-state index contributed by atoms with van der Waals surface area (Å²) in [5.41, 5.74) is 3.01. The Labute approximate surface area is 118 Å². The second kappa shape index (κ2) is 6.61. The van der Waals surface area contributed by atoms with Crippen molar-refractivity contribution in [3.63, 3.8) is 0 Å². The van der Waals surface area contributed by atoms with Crippen molar-refractivity contribution in [1.82, 2.24) is 0 Å². The van der Waals surface area contributed by atoms with Crippen LogP contribution in [0, 0.1) is 0 Å². The molecule has 0 radical (unpaired) electrons. The molecule has 0 fully saturated rings. The molecule has 0 amide bonds. The highest BCUT2D eigenvalue weighted by Crippen LogP contribution is 2.22. The number of carbonyl (C=O) groups is 1. The first-order chi connectivity index (χ1) is 9.69.